The number of hydrogen-bond acceptors (Lipinski definition) is 4. The molecule has 0 aliphatic heterocycles. The molecular formula is C11H18ClN3O3. The topological polar surface area (TPSA) is 86.3 Å². The van der Waals surface area contributed by atoms with E-state index in [2.05, 4.69) is 5.32 Å². The molecule has 3 N–H and O–H groups in total. The SMILES string of the molecule is CCOC(=O)c1cc(NC(=O)CCN)cn1C.Cl. The molecule has 0 unspecified atom stereocenters. The first-order chi connectivity index (χ1) is 8.08. The average molecular weight is 276 g/mol. The maximum atomic E-state index is 11.5. The van der Waals surface area contributed by atoms with E-state index < -0.39 is 5.97 Å². The lowest BCUT2D eigenvalue weighted by atomic mass is 10.3. The second-order valence-electron chi connectivity index (χ2n) is 3.53. The van der Waals surface area contributed by atoms with Crippen molar-refractivity contribution in [3.8, 4) is 0 Å². The van der Waals surface area contributed by atoms with Crippen LogP contribution in [0.4, 0.5) is 5.69 Å². The predicted molar refractivity (Wildman–Crippen MR) is 70.9 cm³/mol. The fraction of sp³-hybridized carbons (Fsp3) is 0.455. The molecule has 18 heavy (non-hydrogen) atoms. The summed E-state index contributed by atoms with van der Waals surface area (Å²) in [5.74, 6) is -0.581. The van der Waals surface area contributed by atoms with E-state index in [-0.39, 0.29) is 24.7 Å². The van der Waals surface area contributed by atoms with E-state index in [9.17, 15) is 9.59 Å². The molecule has 0 aromatic carbocycles. The molecule has 102 valence electrons. The van der Waals surface area contributed by atoms with Crippen LogP contribution < -0.4 is 11.1 Å². The number of esters is 1. The van der Waals surface area contributed by atoms with E-state index in [1.54, 1.807) is 30.8 Å². The highest BCUT2D eigenvalue weighted by Gasteiger charge is 2.13. The van der Waals surface area contributed by atoms with Crippen LogP contribution in [0.15, 0.2) is 12.3 Å². The van der Waals surface area contributed by atoms with Crippen LogP contribution in [-0.2, 0) is 16.6 Å². The number of hydrogen-bond donors (Lipinski definition) is 2. The molecule has 0 saturated heterocycles. The van der Waals surface area contributed by atoms with Crippen LogP contribution in [0.1, 0.15) is 23.8 Å². The summed E-state index contributed by atoms with van der Waals surface area (Å²) in [6.45, 7) is 2.35. The summed E-state index contributed by atoms with van der Waals surface area (Å²) in [6.07, 6.45) is 1.91. The van der Waals surface area contributed by atoms with Crippen molar-refractivity contribution >= 4 is 30.0 Å². The van der Waals surface area contributed by atoms with Crippen molar-refractivity contribution in [2.45, 2.75) is 13.3 Å². The summed E-state index contributed by atoms with van der Waals surface area (Å²) in [7, 11) is 1.71. The number of carbonyl (C=O) groups excluding carboxylic acids is 2. The zero-order chi connectivity index (χ0) is 12.8. The van der Waals surface area contributed by atoms with Gasteiger partial charge in [-0.25, -0.2) is 4.79 Å². The zero-order valence-corrected chi connectivity index (χ0v) is 11.3. The lowest BCUT2D eigenvalue weighted by molar-refractivity contribution is -0.116. The smallest absolute Gasteiger partial charge is 0.355 e. The first-order valence-corrected chi connectivity index (χ1v) is 5.42. The molecule has 0 radical (unpaired) electrons. The van der Waals surface area contributed by atoms with Crippen LogP contribution in [0.2, 0.25) is 0 Å². The Morgan fingerprint density at radius 1 is 1.50 bits per heavy atom. The largest absolute Gasteiger partial charge is 0.461 e. The molecule has 1 aromatic rings. The highest BCUT2D eigenvalue weighted by Crippen LogP contribution is 2.14. The molecule has 0 atom stereocenters. The number of nitrogens with zero attached hydrogens (tertiary/aromatic N) is 1. The summed E-state index contributed by atoms with van der Waals surface area (Å²) in [4.78, 5) is 22.8. The van der Waals surface area contributed by atoms with Crippen molar-refractivity contribution in [1.82, 2.24) is 4.57 Å². The quantitative estimate of drug-likeness (QED) is 0.782. The Kier molecular flexibility index (Phi) is 7.07. The summed E-state index contributed by atoms with van der Waals surface area (Å²) in [5, 5.41) is 2.65. The summed E-state index contributed by atoms with van der Waals surface area (Å²) in [6, 6.07) is 1.58. The van der Waals surface area contributed by atoms with E-state index in [4.69, 9.17) is 10.5 Å². The van der Waals surface area contributed by atoms with Gasteiger partial charge in [-0.3, -0.25) is 4.79 Å². The molecule has 1 rings (SSSR count). The molecule has 1 heterocycles. The number of ether oxygens (including phenoxy) is 1. The number of amides is 1. The Labute approximate surface area is 112 Å². The van der Waals surface area contributed by atoms with E-state index in [0.717, 1.165) is 0 Å². The minimum atomic E-state index is -0.408. The average Bonchev–Trinajstić information content (AvgIpc) is 2.60. The number of nitrogens with one attached hydrogen (secondary N) is 1. The summed E-state index contributed by atoms with van der Waals surface area (Å²) < 4.78 is 6.49. The summed E-state index contributed by atoms with van der Waals surface area (Å²) in [5.41, 5.74) is 6.23. The third-order valence-electron chi connectivity index (χ3n) is 2.14. The second kappa shape index (κ2) is 7.73. The Bertz CT molecular complexity index is 418. The normalized spacial score (nSPS) is 9.50. The lowest BCUT2D eigenvalue weighted by Gasteiger charge is -2.01. The molecule has 0 bridgehead atoms. The third kappa shape index (κ3) is 4.38. The molecule has 0 saturated carbocycles. The van der Waals surface area contributed by atoms with Gasteiger partial charge in [-0.15, -0.1) is 12.4 Å². The number of anilines is 1. The molecule has 0 spiro atoms. The number of halogens is 1. The third-order valence-corrected chi connectivity index (χ3v) is 2.14. The van der Waals surface area contributed by atoms with Gasteiger partial charge in [-0.05, 0) is 13.0 Å². The lowest BCUT2D eigenvalue weighted by Crippen LogP contribution is -2.15. The fourth-order valence-electron chi connectivity index (χ4n) is 1.40. The van der Waals surface area contributed by atoms with Crippen molar-refractivity contribution in [1.29, 1.82) is 0 Å². The second-order valence-corrected chi connectivity index (χ2v) is 3.53. The van der Waals surface area contributed by atoms with Gasteiger partial charge >= 0.3 is 5.97 Å². The zero-order valence-electron chi connectivity index (χ0n) is 10.4. The Balaban J connectivity index is 0.00000289. The van der Waals surface area contributed by atoms with Crippen LogP contribution >= 0.6 is 12.4 Å². The van der Waals surface area contributed by atoms with Crippen LogP contribution in [0.5, 0.6) is 0 Å². The fourth-order valence-corrected chi connectivity index (χ4v) is 1.40. The van der Waals surface area contributed by atoms with Crippen LogP contribution in [0.25, 0.3) is 0 Å². The van der Waals surface area contributed by atoms with Crippen LogP contribution in [-0.4, -0.2) is 29.6 Å². The number of aryl methyl sites for hydroxylation is 1. The van der Waals surface area contributed by atoms with Crippen LogP contribution in [0.3, 0.4) is 0 Å². The van der Waals surface area contributed by atoms with Crippen molar-refractivity contribution in [2.24, 2.45) is 12.8 Å². The first-order valence-electron chi connectivity index (χ1n) is 5.42. The van der Waals surface area contributed by atoms with Gasteiger partial charge in [0.15, 0.2) is 0 Å². The maximum Gasteiger partial charge on any atom is 0.355 e. The van der Waals surface area contributed by atoms with Gasteiger partial charge in [0.05, 0.1) is 12.3 Å². The van der Waals surface area contributed by atoms with Crippen molar-refractivity contribution < 1.29 is 14.3 Å². The first kappa shape index (κ1) is 16.5. The van der Waals surface area contributed by atoms with Gasteiger partial charge in [0.2, 0.25) is 5.91 Å². The molecule has 6 nitrogen and oxygen atoms in total. The minimum absolute atomic E-state index is 0. The van der Waals surface area contributed by atoms with Gasteiger partial charge in [-0.1, -0.05) is 0 Å². The van der Waals surface area contributed by atoms with Crippen molar-refractivity contribution in [2.75, 3.05) is 18.5 Å². The van der Waals surface area contributed by atoms with Gasteiger partial charge in [0.1, 0.15) is 5.69 Å². The predicted octanol–water partition coefficient (Wildman–Crippen LogP) is 0.911. The molecule has 1 amide bonds. The van der Waals surface area contributed by atoms with E-state index >= 15 is 0 Å². The Morgan fingerprint density at radius 3 is 2.72 bits per heavy atom. The Morgan fingerprint density at radius 2 is 2.17 bits per heavy atom. The highest BCUT2D eigenvalue weighted by molar-refractivity contribution is 5.94. The standard InChI is InChI=1S/C11H17N3O3.ClH/c1-3-17-11(16)9-6-8(7-14(9)2)13-10(15)4-5-12;/h6-7H,3-5,12H2,1-2H3,(H,13,15);1H. The Hall–Kier alpha value is -1.53. The molecule has 1 aromatic heterocycles. The molecule has 7 heteroatoms. The number of rotatable bonds is 5. The number of nitrogens with two attached hydrogens (primary N) is 1. The summed E-state index contributed by atoms with van der Waals surface area (Å²) >= 11 is 0. The van der Waals surface area contributed by atoms with Gasteiger partial charge < -0.3 is 20.4 Å². The van der Waals surface area contributed by atoms with Gasteiger partial charge in [0, 0.05) is 26.2 Å². The van der Waals surface area contributed by atoms with E-state index in [1.165, 1.54) is 0 Å². The number of carbonyl (C=O) groups is 2. The van der Waals surface area contributed by atoms with Gasteiger partial charge in [0.25, 0.3) is 0 Å². The molecule has 0 aliphatic rings. The molecule has 0 fully saturated rings. The maximum absolute atomic E-state index is 11.5. The van der Waals surface area contributed by atoms with Gasteiger partial charge in [-0.2, -0.15) is 0 Å². The molecular weight excluding hydrogens is 258 g/mol. The van der Waals surface area contributed by atoms with E-state index in [0.29, 0.717) is 24.5 Å². The highest BCUT2D eigenvalue weighted by atomic mass is 35.5. The minimum Gasteiger partial charge on any atom is -0.461 e. The van der Waals surface area contributed by atoms with Crippen molar-refractivity contribution in [3.05, 3.63) is 18.0 Å². The monoisotopic (exact) mass is 275 g/mol. The number of aromatic nitrogens is 1. The van der Waals surface area contributed by atoms with Crippen LogP contribution in [0, 0.1) is 0 Å². The van der Waals surface area contributed by atoms with E-state index in [1.807, 2.05) is 0 Å². The molecule has 0 aliphatic carbocycles. The van der Waals surface area contributed by atoms with Crippen molar-refractivity contribution in [3.63, 3.8) is 0 Å².